The van der Waals surface area contributed by atoms with E-state index in [0.29, 0.717) is 27.1 Å². The van der Waals surface area contributed by atoms with Gasteiger partial charge < -0.3 is 10.6 Å². The Morgan fingerprint density at radius 3 is 2.46 bits per heavy atom. The van der Waals surface area contributed by atoms with Gasteiger partial charge in [-0.1, -0.05) is 34.5 Å². The van der Waals surface area contributed by atoms with Crippen LogP contribution >= 0.6 is 23.2 Å². The SMILES string of the molecule is Cc1c(Cl)cccc1NC(=O)c1nnn(CC(=O)Nc2ccc(Cl)cc2)c1C. The predicted molar refractivity (Wildman–Crippen MR) is 109 cm³/mol. The van der Waals surface area contributed by atoms with E-state index in [4.69, 9.17) is 23.2 Å². The molecule has 1 heterocycles. The van der Waals surface area contributed by atoms with Crippen molar-refractivity contribution in [2.75, 3.05) is 10.6 Å². The van der Waals surface area contributed by atoms with E-state index < -0.39 is 5.91 Å². The minimum atomic E-state index is -0.424. The van der Waals surface area contributed by atoms with Crippen LogP contribution in [0.2, 0.25) is 10.0 Å². The van der Waals surface area contributed by atoms with Gasteiger partial charge in [-0.3, -0.25) is 9.59 Å². The number of halogens is 2. The molecule has 7 nitrogen and oxygen atoms in total. The molecular weight excluding hydrogens is 401 g/mol. The van der Waals surface area contributed by atoms with E-state index in [0.717, 1.165) is 5.56 Å². The van der Waals surface area contributed by atoms with Gasteiger partial charge in [-0.05, 0) is 55.8 Å². The Morgan fingerprint density at radius 2 is 1.75 bits per heavy atom. The molecule has 0 spiro atoms. The fourth-order valence-corrected chi connectivity index (χ4v) is 2.82. The molecule has 3 rings (SSSR count). The van der Waals surface area contributed by atoms with Gasteiger partial charge in [0.25, 0.3) is 5.91 Å². The number of nitrogens with one attached hydrogen (secondary N) is 2. The van der Waals surface area contributed by atoms with Gasteiger partial charge in [0, 0.05) is 21.4 Å². The number of rotatable bonds is 5. The van der Waals surface area contributed by atoms with Gasteiger partial charge in [0.05, 0.1) is 5.69 Å². The summed E-state index contributed by atoms with van der Waals surface area (Å²) in [6.45, 7) is 3.41. The maximum atomic E-state index is 12.5. The molecule has 2 N–H and O–H groups in total. The molecule has 0 atom stereocenters. The van der Waals surface area contributed by atoms with Crippen LogP contribution in [-0.4, -0.2) is 26.8 Å². The molecule has 2 aromatic carbocycles. The third kappa shape index (κ3) is 4.49. The monoisotopic (exact) mass is 417 g/mol. The van der Waals surface area contributed by atoms with Crippen LogP contribution in [0.4, 0.5) is 11.4 Å². The van der Waals surface area contributed by atoms with Crippen molar-refractivity contribution in [1.29, 1.82) is 0 Å². The van der Waals surface area contributed by atoms with E-state index in [-0.39, 0.29) is 18.1 Å². The van der Waals surface area contributed by atoms with Crippen molar-refractivity contribution in [1.82, 2.24) is 15.0 Å². The highest BCUT2D eigenvalue weighted by Crippen LogP contribution is 2.23. The van der Waals surface area contributed by atoms with Gasteiger partial charge in [0.15, 0.2) is 5.69 Å². The van der Waals surface area contributed by atoms with E-state index in [1.807, 2.05) is 6.92 Å². The van der Waals surface area contributed by atoms with Crippen molar-refractivity contribution in [2.24, 2.45) is 0 Å². The number of benzene rings is 2. The third-order valence-electron chi connectivity index (χ3n) is 4.13. The Balaban J connectivity index is 1.69. The molecular formula is C19H17Cl2N5O2. The Bertz CT molecular complexity index is 1030. The molecule has 144 valence electrons. The molecule has 3 aromatic rings. The smallest absolute Gasteiger partial charge is 0.278 e. The average Bonchev–Trinajstić information content (AvgIpc) is 3.01. The van der Waals surface area contributed by atoms with Gasteiger partial charge in [-0.25, -0.2) is 4.68 Å². The van der Waals surface area contributed by atoms with Gasteiger partial charge in [0.1, 0.15) is 6.54 Å². The summed E-state index contributed by atoms with van der Waals surface area (Å²) in [6.07, 6.45) is 0. The summed E-state index contributed by atoms with van der Waals surface area (Å²) in [5.41, 5.74) is 2.57. The van der Waals surface area contributed by atoms with Crippen molar-refractivity contribution in [2.45, 2.75) is 20.4 Å². The molecule has 2 amide bonds. The maximum absolute atomic E-state index is 12.5. The quantitative estimate of drug-likeness (QED) is 0.653. The van der Waals surface area contributed by atoms with Crippen LogP contribution in [0.5, 0.6) is 0 Å². The second-order valence-corrected chi connectivity index (χ2v) is 6.95. The molecule has 0 fully saturated rings. The van der Waals surface area contributed by atoms with Gasteiger partial charge in [0.2, 0.25) is 5.91 Å². The molecule has 0 saturated carbocycles. The molecule has 9 heteroatoms. The Labute approximate surface area is 171 Å². The molecule has 0 radical (unpaired) electrons. The van der Waals surface area contributed by atoms with Gasteiger partial charge in [-0.15, -0.1) is 5.10 Å². The molecule has 28 heavy (non-hydrogen) atoms. The highest BCUT2D eigenvalue weighted by Gasteiger charge is 2.19. The Morgan fingerprint density at radius 1 is 1.04 bits per heavy atom. The number of amides is 2. The second kappa shape index (κ2) is 8.41. The first-order valence-electron chi connectivity index (χ1n) is 8.37. The highest BCUT2D eigenvalue weighted by molar-refractivity contribution is 6.32. The molecule has 0 aliphatic heterocycles. The van der Waals surface area contributed by atoms with Gasteiger partial charge >= 0.3 is 0 Å². The minimum Gasteiger partial charge on any atom is -0.324 e. The normalized spacial score (nSPS) is 10.6. The first-order chi connectivity index (χ1) is 13.3. The summed E-state index contributed by atoms with van der Waals surface area (Å²) in [4.78, 5) is 24.8. The summed E-state index contributed by atoms with van der Waals surface area (Å²) in [5, 5.41) is 14.5. The standard InChI is InChI=1S/C19H17Cl2N5O2/c1-11-15(21)4-3-5-16(11)23-19(28)18-12(2)26(25-24-18)10-17(27)22-14-8-6-13(20)7-9-14/h3-9H,10H2,1-2H3,(H,22,27)(H,23,28). The van der Waals surface area contributed by atoms with Crippen molar-refractivity contribution in [3.8, 4) is 0 Å². The number of anilines is 2. The van der Waals surface area contributed by atoms with Crippen molar-refractivity contribution in [3.05, 3.63) is 69.5 Å². The third-order valence-corrected chi connectivity index (χ3v) is 4.80. The van der Waals surface area contributed by atoms with Crippen LogP contribution in [0.25, 0.3) is 0 Å². The fourth-order valence-electron chi connectivity index (χ4n) is 2.51. The Hall–Kier alpha value is -2.90. The molecule has 0 aliphatic carbocycles. The number of aromatic nitrogens is 3. The molecule has 0 saturated heterocycles. The molecule has 0 aliphatic rings. The fraction of sp³-hybridized carbons (Fsp3) is 0.158. The second-order valence-electron chi connectivity index (χ2n) is 6.10. The van der Waals surface area contributed by atoms with E-state index in [9.17, 15) is 9.59 Å². The van der Waals surface area contributed by atoms with Crippen LogP contribution in [0, 0.1) is 13.8 Å². The van der Waals surface area contributed by atoms with Gasteiger partial charge in [-0.2, -0.15) is 0 Å². The molecule has 0 bridgehead atoms. The number of hydrogen-bond acceptors (Lipinski definition) is 4. The van der Waals surface area contributed by atoms with Crippen molar-refractivity contribution >= 4 is 46.4 Å². The van der Waals surface area contributed by atoms with Crippen molar-refractivity contribution < 1.29 is 9.59 Å². The largest absolute Gasteiger partial charge is 0.324 e. The van der Waals surface area contributed by atoms with E-state index in [2.05, 4.69) is 20.9 Å². The predicted octanol–water partition coefficient (Wildman–Crippen LogP) is 4.09. The zero-order valence-electron chi connectivity index (χ0n) is 15.2. The zero-order chi connectivity index (χ0) is 20.3. The number of nitrogens with zero attached hydrogens (tertiary/aromatic N) is 3. The first-order valence-corrected chi connectivity index (χ1v) is 9.12. The lowest BCUT2D eigenvalue weighted by molar-refractivity contribution is -0.117. The maximum Gasteiger partial charge on any atom is 0.278 e. The average molecular weight is 418 g/mol. The summed E-state index contributed by atoms with van der Waals surface area (Å²) in [6, 6.07) is 12.0. The van der Waals surface area contributed by atoms with E-state index in [1.165, 1.54) is 4.68 Å². The van der Waals surface area contributed by atoms with Crippen molar-refractivity contribution in [3.63, 3.8) is 0 Å². The van der Waals surface area contributed by atoms with Crippen LogP contribution in [0.15, 0.2) is 42.5 Å². The number of hydrogen-bond donors (Lipinski definition) is 2. The highest BCUT2D eigenvalue weighted by atomic mass is 35.5. The Kier molecular flexibility index (Phi) is 5.96. The van der Waals surface area contributed by atoms with E-state index in [1.54, 1.807) is 49.4 Å². The summed E-state index contributed by atoms with van der Waals surface area (Å²) in [7, 11) is 0. The van der Waals surface area contributed by atoms with E-state index >= 15 is 0 Å². The minimum absolute atomic E-state index is 0.0784. The van der Waals surface area contributed by atoms with Crippen LogP contribution < -0.4 is 10.6 Å². The van der Waals surface area contributed by atoms with Crippen LogP contribution in [0.3, 0.4) is 0 Å². The lowest BCUT2D eigenvalue weighted by atomic mass is 10.2. The zero-order valence-corrected chi connectivity index (χ0v) is 16.7. The topological polar surface area (TPSA) is 88.9 Å². The lowest BCUT2D eigenvalue weighted by Gasteiger charge is -2.09. The lowest BCUT2D eigenvalue weighted by Crippen LogP contribution is -2.21. The summed E-state index contributed by atoms with van der Waals surface area (Å²) in [5.74, 6) is -0.722. The molecule has 1 aromatic heterocycles. The van der Waals surface area contributed by atoms with Crippen LogP contribution in [0.1, 0.15) is 21.7 Å². The number of carbonyl (C=O) groups excluding carboxylic acids is 2. The summed E-state index contributed by atoms with van der Waals surface area (Å²) >= 11 is 11.9. The molecule has 0 unspecified atom stereocenters. The number of carbonyl (C=O) groups is 2. The van der Waals surface area contributed by atoms with Crippen LogP contribution in [-0.2, 0) is 11.3 Å². The summed E-state index contributed by atoms with van der Waals surface area (Å²) < 4.78 is 1.37. The first kappa shape index (κ1) is 19.9.